The van der Waals surface area contributed by atoms with Crippen molar-refractivity contribution >= 4 is 0 Å². The fourth-order valence-corrected chi connectivity index (χ4v) is 0.341. The van der Waals surface area contributed by atoms with E-state index in [0.717, 1.165) is 6.07 Å². The molecule has 0 bridgehead atoms. The molecule has 0 aromatic carbocycles. The Kier molecular flexibility index (Phi) is 1.35. The Balaban J connectivity index is 3.51. The minimum absolute atomic E-state index is 0.534. The molecule has 9 heavy (non-hydrogen) atoms. The van der Waals surface area contributed by atoms with E-state index in [1.54, 1.807) is 0 Å². The summed E-state index contributed by atoms with van der Waals surface area (Å²) in [7, 11) is 0. The van der Waals surface area contributed by atoms with Crippen molar-refractivity contribution in [1.29, 1.82) is 0 Å². The Labute approximate surface area is 49.4 Å². The van der Waals surface area contributed by atoms with Gasteiger partial charge in [-0.1, -0.05) is 5.10 Å². The number of nitrogens with one attached hydrogen (secondary N) is 1. The van der Waals surface area contributed by atoms with Crippen molar-refractivity contribution in [2.75, 3.05) is 0 Å². The van der Waals surface area contributed by atoms with Crippen LogP contribution in [0.5, 0.6) is 0 Å². The lowest BCUT2D eigenvalue weighted by Gasteiger charge is -1.58. The van der Waals surface area contributed by atoms with E-state index < -0.39 is 11.2 Å². The Hall–Kier alpha value is -1.52. The van der Waals surface area contributed by atoms with Gasteiger partial charge in [0.15, 0.2) is 0 Å². The van der Waals surface area contributed by atoms with E-state index in [1.165, 1.54) is 6.20 Å². The van der Waals surface area contributed by atoms with Gasteiger partial charge >= 0.3 is 5.69 Å². The number of nitrogens with zero attached hydrogens (tertiary/aromatic N) is 2. The summed E-state index contributed by atoms with van der Waals surface area (Å²) in [5.41, 5.74) is -1.16. The van der Waals surface area contributed by atoms with E-state index in [0.29, 0.717) is 0 Å². The third-order valence-electron chi connectivity index (χ3n) is 0.672. The number of aromatic amines is 1. The molecule has 0 amide bonds. The van der Waals surface area contributed by atoms with E-state index in [2.05, 4.69) is 15.2 Å². The second kappa shape index (κ2) is 2.17. The number of H-pyrrole nitrogens is 1. The fraction of sp³-hybridized carbons (Fsp3) is 0. The molecular formula is C4H3N3O2. The van der Waals surface area contributed by atoms with Crippen LogP contribution in [0.25, 0.3) is 0 Å². The minimum atomic E-state index is -0.628. The first-order valence-corrected chi connectivity index (χ1v) is 2.22. The third kappa shape index (κ3) is 1.45. The van der Waals surface area contributed by atoms with Crippen LogP contribution in [0.4, 0.5) is 0 Å². The van der Waals surface area contributed by atoms with Crippen LogP contribution < -0.4 is 11.2 Å². The van der Waals surface area contributed by atoms with Crippen LogP contribution in [0.2, 0.25) is 0 Å². The second-order valence-corrected chi connectivity index (χ2v) is 1.32. The summed E-state index contributed by atoms with van der Waals surface area (Å²) in [4.78, 5) is 22.7. The Morgan fingerprint density at radius 3 is 2.89 bits per heavy atom. The standard InChI is InChI=1S/C4H3N3O2/c8-3-1-2-5-4(9)7-6-3/h1-2H,(H,5,9). The Morgan fingerprint density at radius 1 is 1.33 bits per heavy atom. The maximum absolute atomic E-state index is 10.3. The molecule has 1 rings (SSSR count). The zero-order chi connectivity index (χ0) is 6.69. The molecule has 5 nitrogen and oxygen atoms in total. The summed E-state index contributed by atoms with van der Waals surface area (Å²) in [5, 5.41) is 5.96. The van der Waals surface area contributed by atoms with E-state index >= 15 is 0 Å². The van der Waals surface area contributed by atoms with Crippen molar-refractivity contribution in [3.8, 4) is 0 Å². The van der Waals surface area contributed by atoms with Crippen LogP contribution in [0.1, 0.15) is 0 Å². The van der Waals surface area contributed by atoms with Gasteiger partial charge in [0, 0.05) is 12.3 Å². The Morgan fingerprint density at radius 2 is 2.11 bits per heavy atom. The molecule has 0 fully saturated rings. The van der Waals surface area contributed by atoms with Crippen molar-refractivity contribution in [2.24, 2.45) is 0 Å². The normalized spacial score (nSPS) is 8.89. The van der Waals surface area contributed by atoms with Gasteiger partial charge in [-0.2, -0.15) is 0 Å². The van der Waals surface area contributed by atoms with Crippen molar-refractivity contribution < 1.29 is 0 Å². The van der Waals surface area contributed by atoms with Gasteiger partial charge < -0.3 is 4.98 Å². The molecular weight excluding hydrogens is 122 g/mol. The first-order valence-electron chi connectivity index (χ1n) is 2.22. The van der Waals surface area contributed by atoms with Crippen LogP contribution in [-0.4, -0.2) is 15.2 Å². The molecule has 0 radical (unpaired) electrons. The minimum Gasteiger partial charge on any atom is -0.311 e. The van der Waals surface area contributed by atoms with E-state index in [-0.39, 0.29) is 0 Å². The highest BCUT2D eigenvalue weighted by molar-refractivity contribution is 4.74. The highest BCUT2D eigenvalue weighted by atomic mass is 16.2. The summed E-state index contributed by atoms with van der Waals surface area (Å²) in [6.07, 6.45) is 1.20. The molecule has 1 aromatic heterocycles. The topological polar surface area (TPSA) is 75.7 Å². The molecule has 1 N–H and O–H groups in total. The van der Waals surface area contributed by atoms with Crippen molar-refractivity contribution in [3.05, 3.63) is 33.1 Å². The molecule has 46 valence electrons. The third-order valence-corrected chi connectivity index (χ3v) is 0.672. The molecule has 5 heteroatoms. The van der Waals surface area contributed by atoms with Gasteiger partial charge in [0.05, 0.1) is 0 Å². The van der Waals surface area contributed by atoms with Gasteiger partial charge in [0.2, 0.25) is 0 Å². The molecule has 1 heterocycles. The second-order valence-electron chi connectivity index (χ2n) is 1.32. The van der Waals surface area contributed by atoms with Crippen molar-refractivity contribution in [1.82, 2.24) is 15.2 Å². The van der Waals surface area contributed by atoms with Gasteiger partial charge in [-0.25, -0.2) is 4.79 Å². The quantitative estimate of drug-likeness (QED) is 0.459. The van der Waals surface area contributed by atoms with Crippen LogP contribution in [0.3, 0.4) is 0 Å². The summed E-state index contributed by atoms with van der Waals surface area (Å²) >= 11 is 0. The molecule has 0 atom stereocenters. The lowest BCUT2D eigenvalue weighted by molar-refractivity contribution is 0.944. The average Bonchev–Trinajstić information content (AvgIpc) is 1.97. The first kappa shape index (κ1) is 5.61. The van der Waals surface area contributed by atoms with Crippen molar-refractivity contribution in [3.63, 3.8) is 0 Å². The molecule has 0 spiro atoms. The summed E-state index contributed by atoms with van der Waals surface area (Å²) < 4.78 is 0. The SMILES string of the molecule is O=c1cc[nH]c(=O)nn1. The molecule has 1 aromatic rings. The lowest BCUT2D eigenvalue weighted by Crippen LogP contribution is -2.09. The Bertz CT molecular complexity index is 275. The maximum atomic E-state index is 10.3. The monoisotopic (exact) mass is 125 g/mol. The van der Waals surface area contributed by atoms with Crippen LogP contribution >= 0.6 is 0 Å². The summed E-state index contributed by atoms with van der Waals surface area (Å²) in [5.74, 6) is 0. The molecule has 0 saturated carbocycles. The van der Waals surface area contributed by atoms with Crippen LogP contribution in [-0.2, 0) is 0 Å². The smallest absolute Gasteiger partial charge is 0.311 e. The highest BCUT2D eigenvalue weighted by Crippen LogP contribution is 1.50. The van der Waals surface area contributed by atoms with Crippen LogP contribution in [0, 0.1) is 0 Å². The number of aromatic nitrogens is 3. The zero-order valence-electron chi connectivity index (χ0n) is 4.37. The van der Waals surface area contributed by atoms with E-state index in [4.69, 9.17) is 0 Å². The summed E-state index contributed by atoms with van der Waals surface area (Å²) in [6.45, 7) is 0. The molecule has 0 aliphatic rings. The van der Waals surface area contributed by atoms with Crippen LogP contribution in [0.15, 0.2) is 21.9 Å². The van der Waals surface area contributed by atoms with Gasteiger partial charge in [-0.05, 0) is 0 Å². The lowest BCUT2D eigenvalue weighted by atomic mass is 10.7. The molecule has 0 aliphatic carbocycles. The maximum Gasteiger partial charge on any atom is 0.363 e. The van der Waals surface area contributed by atoms with Gasteiger partial charge in [0.25, 0.3) is 5.56 Å². The predicted molar refractivity (Wildman–Crippen MR) is 28.9 cm³/mol. The first-order chi connectivity index (χ1) is 4.29. The van der Waals surface area contributed by atoms with Gasteiger partial charge in [-0.3, -0.25) is 4.79 Å². The van der Waals surface area contributed by atoms with Gasteiger partial charge in [0.1, 0.15) is 0 Å². The molecule has 0 aliphatic heterocycles. The molecule has 0 unspecified atom stereocenters. The van der Waals surface area contributed by atoms with E-state index in [9.17, 15) is 9.59 Å². The zero-order valence-corrected chi connectivity index (χ0v) is 4.37. The largest absolute Gasteiger partial charge is 0.363 e. The van der Waals surface area contributed by atoms with Crippen molar-refractivity contribution in [2.45, 2.75) is 0 Å². The fourth-order valence-electron chi connectivity index (χ4n) is 0.341. The number of hydrogen-bond acceptors (Lipinski definition) is 4. The summed E-state index contributed by atoms with van der Waals surface area (Å²) in [6, 6.07) is 1.12. The van der Waals surface area contributed by atoms with Gasteiger partial charge in [-0.15, -0.1) is 5.10 Å². The number of rotatable bonds is 0. The highest BCUT2D eigenvalue weighted by Gasteiger charge is 1.78. The molecule has 0 saturated heterocycles. The number of hydrogen-bond donors (Lipinski definition) is 1. The van der Waals surface area contributed by atoms with E-state index in [1.807, 2.05) is 0 Å². The average molecular weight is 125 g/mol. The predicted octanol–water partition coefficient (Wildman–Crippen LogP) is -1.47.